The zero-order valence-electron chi connectivity index (χ0n) is 25.0. The van der Waals surface area contributed by atoms with E-state index >= 15 is 0 Å². The summed E-state index contributed by atoms with van der Waals surface area (Å²) >= 11 is 0. The molecule has 0 aliphatic heterocycles. The van der Waals surface area contributed by atoms with Gasteiger partial charge in [0.1, 0.15) is 17.9 Å². The third-order valence-corrected chi connectivity index (χ3v) is 12.7. The Morgan fingerprint density at radius 1 is 1.10 bits per heavy atom. The van der Waals surface area contributed by atoms with Crippen molar-refractivity contribution in [2.24, 2.45) is 44.8 Å². The van der Waals surface area contributed by atoms with Crippen LogP contribution in [0.15, 0.2) is 23.0 Å². The van der Waals surface area contributed by atoms with Crippen LogP contribution in [0, 0.1) is 56.2 Å². The number of allylic oxidation sites excluding steroid dienone is 3. The van der Waals surface area contributed by atoms with Crippen LogP contribution < -0.4 is 5.32 Å². The van der Waals surface area contributed by atoms with Crippen LogP contribution in [0.25, 0.3) is 0 Å². The molecule has 3 fully saturated rings. The molecule has 3 saturated carbocycles. The fourth-order valence-corrected chi connectivity index (χ4v) is 10.3. The monoisotopic (exact) mass is 576 g/mol. The lowest BCUT2D eigenvalue weighted by Gasteiger charge is -2.69. The number of alkyl halides is 3. The fraction of sp³-hybridized carbons (Fsp3) is 0.781. The number of carbonyl (C=O) groups is 2. The van der Waals surface area contributed by atoms with Crippen LogP contribution in [0.1, 0.15) is 92.9 Å². The SMILES string of the molecule is CC1(C)CC[C@]2(C(=O)NCC(F)(F)F)CC[C@]3(C)[C@H](C(=O)C=C4[C@@]5(C)CC(C#N)=C(O)[C@@](C)(O)[C@@H]5CC[C@]43C)[C@@H]2C1. The maximum Gasteiger partial charge on any atom is 0.405 e. The fourth-order valence-electron chi connectivity index (χ4n) is 10.3. The van der Waals surface area contributed by atoms with Gasteiger partial charge in [0.05, 0.1) is 17.1 Å². The van der Waals surface area contributed by atoms with Crippen molar-refractivity contribution >= 4 is 11.7 Å². The van der Waals surface area contributed by atoms with E-state index in [-0.39, 0.29) is 29.0 Å². The Morgan fingerprint density at radius 2 is 1.73 bits per heavy atom. The molecular weight excluding hydrogens is 533 g/mol. The number of ketones is 1. The molecule has 0 spiro atoms. The number of halogens is 3. The molecule has 0 heterocycles. The second-order valence-electron chi connectivity index (χ2n) is 15.4. The van der Waals surface area contributed by atoms with E-state index in [1.54, 1.807) is 13.0 Å². The second kappa shape index (κ2) is 8.84. The summed E-state index contributed by atoms with van der Waals surface area (Å²) in [6.45, 7) is 10.6. The molecule has 41 heavy (non-hydrogen) atoms. The Bertz CT molecular complexity index is 1290. The highest BCUT2D eigenvalue weighted by Gasteiger charge is 2.71. The molecule has 0 saturated heterocycles. The molecule has 0 unspecified atom stereocenters. The summed E-state index contributed by atoms with van der Waals surface area (Å²) in [6.07, 6.45) is 1.23. The van der Waals surface area contributed by atoms with Gasteiger partial charge in [0.15, 0.2) is 5.78 Å². The van der Waals surface area contributed by atoms with Gasteiger partial charge >= 0.3 is 6.18 Å². The molecule has 5 rings (SSSR count). The lowest BCUT2D eigenvalue weighted by atomic mass is 9.34. The van der Waals surface area contributed by atoms with Gasteiger partial charge in [-0.1, -0.05) is 40.2 Å². The maximum atomic E-state index is 14.4. The van der Waals surface area contributed by atoms with Gasteiger partial charge < -0.3 is 15.5 Å². The molecule has 0 radical (unpaired) electrons. The zero-order valence-corrected chi connectivity index (χ0v) is 25.0. The van der Waals surface area contributed by atoms with E-state index in [1.165, 1.54) is 0 Å². The van der Waals surface area contributed by atoms with Crippen molar-refractivity contribution in [2.45, 2.75) is 105 Å². The Morgan fingerprint density at radius 3 is 2.34 bits per heavy atom. The van der Waals surface area contributed by atoms with Crippen LogP contribution in [0.4, 0.5) is 13.2 Å². The summed E-state index contributed by atoms with van der Waals surface area (Å²) in [5.41, 5.74) is -3.65. The average molecular weight is 577 g/mol. The number of rotatable bonds is 2. The van der Waals surface area contributed by atoms with Crippen LogP contribution >= 0.6 is 0 Å². The van der Waals surface area contributed by atoms with Gasteiger partial charge in [-0.25, -0.2) is 0 Å². The van der Waals surface area contributed by atoms with E-state index in [4.69, 9.17) is 0 Å². The van der Waals surface area contributed by atoms with Crippen molar-refractivity contribution in [3.63, 3.8) is 0 Å². The van der Waals surface area contributed by atoms with E-state index in [1.807, 2.05) is 6.92 Å². The van der Waals surface area contributed by atoms with Crippen molar-refractivity contribution in [1.82, 2.24) is 5.32 Å². The first kappa shape index (κ1) is 30.1. The third kappa shape index (κ3) is 4.06. The number of nitriles is 1. The van der Waals surface area contributed by atoms with Gasteiger partial charge in [0, 0.05) is 17.3 Å². The van der Waals surface area contributed by atoms with E-state index in [0.717, 1.165) is 5.57 Å². The largest absolute Gasteiger partial charge is 0.508 e. The predicted molar refractivity (Wildman–Crippen MR) is 146 cm³/mol. The van der Waals surface area contributed by atoms with Gasteiger partial charge in [0.25, 0.3) is 0 Å². The molecule has 1 amide bonds. The number of carbonyl (C=O) groups excluding carboxylic acids is 2. The molecule has 5 aliphatic rings. The number of amides is 1. The van der Waals surface area contributed by atoms with Gasteiger partial charge in [-0.2, -0.15) is 18.4 Å². The summed E-state index contributed by atoms with van der Waals surface area (Å²) in [4.78, 5) is 28.0. The predicted octanol–water partition coefficient (Wildman–Crippen LogP) is 6.32. The zero-order chi connectivity index (χ0) is 30.6. The Kier molecular flexibility index (Phi) is 6.50. The van der Waals surface area contributed by atoms with E-state index in [0.29, 0.717) is 44.9 Å². The van der Waals surface area contributed by atoms with Crippen LogP contribution in [0.3, 0.4) is 0 Å². The number of aliphatic hydroxyl groups excluding tert-OH is 1. The standard InChI is InChI=1S/C32H43F3N2O4/c1-26(2)9-11-31(25(40)37-17-32(33,34)35)12-10-29(5)23(19(31)15-26)20(38)13-22-27(3)14-18(16-36)24(39)30(6,41)21(27)7-8-28(22,29)4/h13,19,21,23,39,41H,7-12,14-15,17H2,1-6H3,(H,37,40)/t19-,21+,23-,27-,28+,29+,30-,31-/m0/s1. The number of hydrogen-bond donors (Lipinski definition) is 3. The topological polar surface area (TPSA) is 110 Å². The van der Waals surface area contributed by atoms with Crippen molar-refractivity contribution in [2.75, 3.05) is 6.54 Å². The molecule has 9 heteroatoms. The normalized spacial score (nSPS) is 45.3. The quantitative estimate of drug-likeness (QED) is 0.357. The first-order chi connectivity index (χ1) is 18.7. The summed E-state index contributed by atoms with van der Waals surface area (Å²) in [5.74, 6) is -2.35. The van der Waals surface area contributed by atoms with Crippen LogP contribution in [-0.4, -0.2) is 40.2 Å². The van der Waals surface area contributed by atoms with Gasteiger partial charge in [-0.05, 0) is 86.5 Å². The highest BCUT2D eigenvalue weighted by atomic mass is 19.4. The highest BCUT2D eigenvalue weighted by molar-refractivity contribution is 5.96. The minimum atomic E-state index is -4.52. The molecule has 0 aromatic carbocycles. The minimum absolute atomic E-state index is 0.117. The molecule has 3 N–H and O–H groups in total. The summed E-state index contributed by atoms with van der Waals surface area (Å²) in [7, 11) is 0. The van der Waals surface area contributed by atoms with Crippen molar-refractivity contribution in [3.05, 3.63) is 23.0 Å². The molecular formula is C32H43F3N2O4. The Labute approximate surface area is 240 Å². The number of nitrogens with one attached hydrogen (secondary N) is 1. The first-order valence-electron chi connectivity index (χ1n) is 14.9. The molecule has 226 valence electrons. The molecule has 8 atom stereocenters. The average Bonchev–Trinajstić information content (AvgIpc) is 2.85. The lowest BCUT2D eigenvalue weighted by molar-refractivity contribution is -0.184. The number of nitrogens with zero attached hydrogens (tertiary/aromatic N) is 1. The van der Waals surface area contributed by atoms with Crippen molar-refractivity contribution in [3.8, 4) is 6.07 Å². The maximum absolute atomic E-state index is 14.4. The van der Waals surface area contributed by atoms with Crippen LogP contribution in [0.2, 0.25) is 0 Å². The minimum Gasteiger partial charge on any atom is -0.508 e. The summed E-state index contributed by atoms with van der Waals surface area (Å²) < 4.78 is 39.4. The summed E-state index contributed by atoms with van der Waals surface area (Å²) in [6, 6.07) is 2.07. The van der Waals surface area contributed by atoms with Gasteiger partial charge in [0.2, 0.25) is 5.91 Å². The smallest absolute Gasteiger partial charge is 0.405 e. The number of hydrogen-bond acceptors (Lipinski definition) is 5. The molecule has 0 aromatic rings. The highest BCUT2D eigenvalue weighted by Crippen LogP contribution is 2.74. The number of fused-ring (bicyclic) bond motifs is 7. The van der Waals surface area contributed by atoms with E-state index in [2.05, 4.69) is 39.1 Å². The number of aliphatic hydroxyl groups is 2. The van der Waals surface area contributed by atoms with E-state index in [9.17, 15) is 38.2 Å². The van der Waals surface area contributed by atoms with E-state index < -0.39 is 63.6 Å². The molecule has 0 bridgehead atoms. The second-order valence-corrected chi connectivity index (χ2v) is 15.4. The Hall–Kier alpha value is -2.34. The van der Waals surface area contributed by atoms with Gasteiger partial charge in [-0.15, -0.1) is 0 Å². The Balaban J connectivity index is 1.63. The van der Waals surface area contributed by atoms with Crippen molar-refractivity contribution < 1.29 is 33.0 Å². The van der Waals surface area contributed by atoms with Crippen LogP contribution in [-0.2, 0) is 9.59 Å². The lowest BCUT2D eigenvalue weighted by Crippen LogP contribution is -2.67. The summed E-state index contributed by atoms with van der Waals surface area (Å²) in [5, 5.41) is 34.2. The van der Waals surface area contributed by atoms with Crippen molar-refractivity contribution in [1.29, 1.82) is 5.26 Å². The molecule has 0 aromatic heterocycles. The molecule has 5 aliphatic carbocycles. The third-order valence-electron chi connectivity index (χ3n) is 12.7. The first-order valence-corrected chi connectivity index (χ1v) is 14.9. The van der Waals surface area contributed by atoms with Gasteiger partial charge in [-0.3, -0.25) is 9.59 Å². The van der Waals surface area contributed by atoms with Crippen LogP contribution in [0.5, 0.6) is 0 Å². The molecule has 6 nitrogen and oxygen atoms in total.